The highest BCUT2D eigenvalue weighted by molar-refractivity contribution is 5.89. The van der Waals surface area contributed by atoms with Gasteiger partial charge < -0.3 is 15.6 Å². The molecule has 1 saturated carbocycles. The summed E-state index contributed by atoms with van der Waals surface area (Å²) in [7, 11) is 0. The van der Waals surface area contributed by atoms with E-state index < -0.39 is 6.04 Å². The van der Waals surface area contributed by atoms with Crippen molar-refractivity contribution in [1.82, 2.24) is 15.6 Å². The van der Waals surface area contributed by atoms with Gasteiger partial charge in [-0.2, -0.15) is 0 Å². The van der Waals surface area contributed by atoms with Crippen LogP contribution in [0.5, 0.6) is 0 Å². The van der Waals surface area contributed by atoms with Crippen LogP contribution in [-0.4, -0.2) is 29.4 Å². The second kappa shape index (κ2) is 7.50. The molecule has 0 saturated heterocycles. The molecule has 1 heterocycles. The first-order valence-electron chi connectivity index (χ1n) is 9.73. The first-order chi connectivity index (χ1) is 13.6. The van der Waals surface area contributed by atoms with E-state index in [9.17, 15) is 9.59 Å². The number of fused-ring (bicyclic) bond motifs is 1. The lowest BCUT2D eigenvalue weighted by molar-refractivity contribution is -0.128. The molecule has 28 heavy (non-hydrogen) atoms. The van der Waals surface area contributed by atoms with Crippen molar-refractivity contribution in [2.45, 2.75) is 37.6 Å². The minimum Gasteiger partial charge on any atom is -0.361 e. The molecule has 1 fully saturated rings. The summed E-state index contributed by atoms with van der Waals surface area (Å²) in [6, 6.07) is 17.7. The maximum atomic E-state index is 12.9. The van der Waals surface area contributed by atoms with Crippen molar-refractivity contribution in [1.29, 1.82) is 0 Å². The number of benzene rings is 2. The molecule has 5 heteroatoms. The van der Waals surface area contributed by atoms with E-state index in [0.717, 1.165) is 29.3 Å². The SMILES string of the molecule is CC(=O)N[C@H](Cc1c[nH]c2ccccc12)C(=O)NCC1(c2ccccc2)CC1. The van der Waals surface area contributed by atoms with Crippen LogP contribution < -0.4 is 10.6 Å². The smallest absolute Gasteiger partial charge is 0.242 e. The van der Waals surface area contributed by atoms with Gasteiger partial charge in [0.05, 0.1) is 0 Å². The number of aromatic nitrogens is 1. The number of aromatic amines is 1. The van der Waals surface area contributed by atoms with Gasteiger partial charge in [-0.25, -0.2) is 0 Å². The van der Waals surface area contributed by atoms with E-state index in [1.165, 1.54) is 12.5 Å². The highest BCUT2D eigenvalue weighted by Gasteiger charge is 2.44. The number of rotatable bonds is 7. The minimum absolute atomic E-state index is 0.0402. The second-order valence-electron chi connectivity index (χ2n) is 7.68. The van der Waals surface area contributed by atoms with E-state index in [-0.39, 0.29) is 17.2 Å². The molecule has 0 bridgehead atoms. The fourth-order valence-electron chi connectivity index (χ4n) is 3.86. The number of nitrogens with one attached hydrogen (secondary N) is 3. The third kappa shape index (κ3) is 3.79. The quantitative estimate of drug-likeness (QED) is 0.594. The van der Waals surface area contributed by atoms with Gasteiger partial charge in [-0.15, -0.1) is 0 Å². The Bertz CT molecular complexity index is 989. The van der Waals surface area contributed by atoms with Gasteiger partial charge in [0.1, 0.15) is 6.04 Å². The van der Waals surface area contributed by atoms with Gasteiger partial charge in [0.25, 0.3) is 0 Å². The topological polar surface area (TPSA) is 74.0 Å². The van der Waals surface area contributed by atoms with Crippen molar-refractivity contribution in [3.8, 4) is 0 Å². The molecule has 4 rings (SSSR count). The van der Waals surface area contributed by atoms with Crippen LogP contribution in [0.3, 0.4) is 0 Å². The molecule has 144 valence electrons. The van der Waals surface area contributed by atoms with E-state index >= 15 is 0 Å². The van der Waals surface area contributed by atoms with E-state index in [1.807, 2.05) is 48.7 Å². The number of hydrogen-bond donors (Lipinski definition) is 3. The van der Waals surface area contributed by atoms with E-state index in [1.54, 1.807) is 0 Å². The molecule has 0 spiro atoms. The summed E-state index contributed by atoms with van der Waals surface area (Å²) in [5, 5.41) is 6.98. The molecule has 3 N–H and O–H groups in total. The molecule has 3 aromatic rings. The normalized spacial score (nSPS) is 15.8. The van der Waals surface area contributed by atoms with Crippen LogP contribution in [0.4, 0.5) is 0 Å². The lowest BCUT2D eigenvalue weighted by Crippen LogP contribution is -2.48. The molecule has 0 unspecified atom stereocenters. The van der Waals surface area contributed by atoms with Crippen LogP contribution in [0.1, 0.15) is 30.9 Å². The monoisotopic (exact) mass is 375 g/mol. The van der Waals surface area contributed by atoms with Crippen molar-refractivity contribution < 1.29 is 9.59 Å². The molecule has 1 aromatic heterocycles. The minimum atomic E-state index is -0.594. The summed E-state index contributed by atoms with van der Waals surface area (Å²) in [6.07, 6.45) is 4.52. The maximum Gasteiger partial charge on any atom is 0.242 e. The van der Waals surface area contributed by atoms with E-state index in [2.05, 4.69) is 27.8 Å². The summed E-state index contributed by atoms with van der Waals surface area (Å²) < 4.78 is 0. The number of carbonyl (C=O) groups excluding carboxylic acids is 2. The van der Waals surface area contributed by atoms with E-state index in [4.69, 9.17) is 0 Å². The Morgan fingerprint density at radius 3 is 2.50 bits per heavy atom. The van der Waals surface area contributed by atoms with Crippen molar-refractivity contribution in [2.75, 3.05) is 6.54 Å². The zero-order valence-corrected chi connectivity index (χ0v) is 16.0. The number of hydrogen-bond acceptors (Lipinski definition) is 2. The van der Waals surface area contributed by atoms with Crippen molar-refractivity contribution >= 4 is 22.7 Å². The molecular weight excluding hydrogens is 350 g/mol. The van der Waals surface area contributed by atoms with Crippen LogP contribution in [0, 0.1) is 0 Å². The van der Waals surface area contributed by atoms with Crippen LogP contribution in [0.15, 0.2) is 60.8 Å². The molecule has 0 aliphatic heterocycles. The van der Waals surface area contributed by atoms with Gasteiger partial charge in [-0.3, -0.25) is 9.59 Å². The Balaban J connectivity index is 1.46. The number of carbonyl (C=O) groups is 2. The summed E-state index contributed by atoms with van der Waals surface area (Å²) in [5.74, 6) is -0.341. The van der Waals surface area contributed by atoms with Crippen LogP contribution >= 0.6 is 0 Å². The van der Waals surface area contributed by atoms with Crippen LogP contribution in [0.2, 0.25) is 0 Å². The first kappa shape index (κ1) is 18.3. The Morgan fingerprint density at radius 1 is 1.07 bits per heavy atom. The predicted octanol–water partition coefficient (Wildman–Crippen LogP) is 3.06. The summed E-state index contributed by atoms with van der Waals surface area (Å²) >= 11 is 0. The van der Waals surface area contributed by atoms with Gasteiger partial charge in [0.15, 0.2) is 0 Å². The number of amides is 2. The van der Waals surface area contributed by atoms with Gasteiger partial charge >= 0.3 is 0 Å². The third-order valence-electron chi connectivity index (χ3n) is 5.63. The van der Waals surface area contributed by atoms with Crippen molar-refractivity contribution in [3.63, 3.8) is 0 Å². The second-order valence-corrected chi connectivity index (χ2v) is 7.68. The Kier molecular flexibility index (Phi) is 4.90. The highest BCUT2D eigenvalue weighted by atomic mass is 16.2. The largest absolute Gasteiger partial charge is 0.361 e. The average Bonchev–Trinajstić information content (AvgIpc) is 3.40. The lowest BCUT2D eigenvalue weighted by atomic mass is 9.95. The molecule has 1 atom stereocenters. The third-order valence-corrected chi connectivity index (χ3v) is 5.63. The zero-order valence-electron chi connectivity index (χ0n) is 16.0. The average molecular weight is 375 g/mol. The fraction of sp³-hybridized carbons (Fsp3) is 0.304. The molecule has 2 aromatic carbocycles. The summed E-state index contributed by atoms with van der Waals surface area (Å²) in [6.45, 7) is 2.04. The highest BCUT2D eigenvalue weighted by Crippen LogP contribution is 2.47. The van der Waals surface area contributed by atoms with Gasteiger partial charge in [0.2, 0.25) is 11.8 Å². The fourth-order valence-corrected chi connectivity index (χ4v) is 3.86. The standard InChI is InChI=1S/C23H25N3O2/c1-16(27)26-21(13-17-14-24-20-10-6-5-9-19(17)20)22(28)25-15-23(11-12-23)18-7-3-2-4-8-18/h2-10,14,21,24H,11-13,15H2,1H3,(H,25,28)(H,26,27)/t21-/m1/s1. The van der Waals surface area contributed by atoms with Crippen molar-refractivity contribution in [2.24, 2.45) is 0 Å². The maximum absolute atomic E-state index is 12.9. The predicted molar refractivity (Wildman–Crippen MR) is 110 cm³/mol. The lowest BCUT2D eigenvalue weighted by Gasteiger charge is -2.21. The van der Waals surface area contributed by atoms with Gasteiger partial charge in [0, 0.05) is 42.4 Å². The molecule has 1 aliphatic rings. The molecule has 2 amide bonds. The van der Waals surface area contributed by atoms with Gasteiger partial charge in [-0.1, -0.05) is 48.5 Å². The number of H-pyrrole nitrogens is 1. The first-order valence-corrected chi connectivity index (χ1v) is 9.73. The molecular formula is C23H25N3O2. The number of para-hydroxylation sites is 1. The summed E-state index contributed by atoms with van der Waals surface area (Å²) in [5.41, 5.74) is 3.36. The van der Waals surface area contributed by atoms with Crippen LogP contribution in [0.25, 0.3) is 10.9 Å². The zero-order chi connectivity index (χ0) is 19.6. The Hall–Kier alpha value is -3.08. The molecule has 1 aliphatic carbocycles. The summed E-state index contributed by atoms with van der Waals surface area (Å²) in [4.78, 5) is 27.8. The van der Waals surface area contributed by atoms with E-state index in [0.29, 0.717) is 13.0 Å². The van der Waals surface area contributed by atoms with Gasteiger partial charge in [-0.05, 0) is 30.0 Å². The Labute approximate surface area is 164 Å². The van der Waals surface area contributed by atoms with Crippen LogP contribution in [-0.2, 0) is 21.4 Å². The molecule has 0 radical (unpaired) electrons. The molecule has 5 nitrogen and oxygen atoms in total. The van der Waals surface area contributed by atoms with Crippen molar-refractivity contribution in [3.05, 3.63) is 71.9 Å². The Morgan fingerprint density at radius 2 is 1.79 bits per heavy atom.